The molecule has 6 nitrogen and oxygen atoms in total. The van der Waals surface area contributed by atoms with Gasteiger partial charge in [-0.1, -0.05) is 0 Å². The quantitative estimate of drug-likeness (QED) is 0.520. The van der Waals surface area contributed by atoms with Crippen LogP contribution in [-0.2, 0) is 19.0 Å². The van der Waals surface area contributed by atoms with Crippen molar-refractivity contribution >= 4 is 6.09 Å². The number of hydroxylamine groups is 1. The molecule has 0 radical (unpaired) electrons. The van der Waals surface area contributed by atoms with E-state index < -0.39 is 18.7 Å². The molecular weight excluding hydrogens is 190 g/mol. The fourth-order valence-electron chi connectivity index (χ4n) is 0.623. The van der Waals surface area contributed by atoms with E-state index in [4.69, 9.17) is 19.0 Å². The molecule has 0 aliphatic carbocycles. The summed E-state index contributed by atoms with van der Waals surface area (Å²) >= 11 is 0. The summed E-state index contributed by atoms with van der Waals surface area (Å²) in [5.74, 6) is 0. The van der Waals surface area contributed by atoms with E-state index >= 15 is 0 Å². The molecule has 1 amide bonds. The van der Waals surface area contributed by atoms with Crippen molar-refractivity contribution in [1.29, 1.82) is 0 Å². The molecule has 0 saturated heterocycles. The van der Waals surface area contributed by atoms with Crippen LogP contribution >= 0.6 is 0 Å². The number of methoxy groups -OCH3 is 1. The molecule has 2 unspecified atom stereocenters. The second kappa shape index (κ2) is 7.54. The van der Waals surface area contributed by atoms with Crippen LogP contribution in [0.25, 0.3) is 0 Å². The first-order chi connectivity index (χ1) is 6.60. The zero-order chi connectivity index (χ0) is 11.0. The fourth-order valence-corrected chi connectivity index (χ4v) is 0.623. The highest BCUT2D eigenvalue weighted by atomic mass is 16.8. The van der Waals surface area contributed by atoms with Gasteiger partial charge in [-0.05, 0) is 20.8 Å². The summed E-state index contributed by atoms with van der Waals surface area (Å²) in [5.41, 5.74) is 2.06. The molecule has 2 atom stereocenters. The molecule has 0 fully saturated rings. The molecule has 0 aromatic heterocycles. The van der Waals surface area contributed by atoms with E-state index in [1.807, 2.05) is 0 Å². The van der Waals surface area contributed by atoms with Crippen molar-refractivity contribution in [1.82, 2.24) is 5.48 Å². The van der Waals surface area contributed by atoms with Crippen LogP contribution in [0.1, 0.15) is 20.8 Å². The van der Waals surface area contributed by atoms with Crippen LogP contribution in [0.4, 0.5) is 4.79 Å². The number of carbonyl (C=O) groups is 1. The number of rotatable bonds is 6. The number of hydrogen-bond acceptors (Lipinski definition) is 5. The molecule has 0 bridgehead atoms. The maximum absolute atomic E-state index is 11.0. The largest absolute Gasteiger partial charge is 0.433 e. The van der Waals surface area contributed by atoms with Crippen LogP contribution in [0.15, 0.2) is 0 Å². The third kappa shape index (κ3) is 6.64. The van der Waals surface area contributed by atoms with Crippen molar-refractivity contribution in [2.75, 3.05) is 13.7 Å². The third-order valence-electron chi connectivity index (χ3n) is 1.31. The van der Waals surface area contributed by atoms with Crippen LogP contribution in [0, 0.1) is 0 Å². The van der Waals surface area contributed by atoms with Gasteiger partial charge in [0.1, 0.15) is 0 Å². The molecule has 0 rings (SSSR count). The van der Waals surface area contributed by atoms with Crippen molar-refractivity contribution in [3.05, 3.63) is 0 Å². The molecule has 84 valence electrons. The Morgan fingerprint density at radius 1 is 1.36 bits per heavy atom. The van der Waals surface area contributed by atoms with E-state index in [0.29, 0.717) is 6.61 Å². The normalized spacial score (nSPS) is 14.6. The minimum Gasteiger partial charge on any atom is -0.418 e. The van der Waals surface area contributed by atoms with Gasteiger partial charge in [0.2, 0.25) is 6.29 Å². The lowest BCUT2D eigenvalue weighted by Gasteiger charge is -2.14. The molecule has 0 spiro atoms. The Kier molecular flexibility index (Phi) is 7.09. The minimum absolute atomic E-state index is 0.476. The Morgan fingerprint density at radius 3 is 2.50 bits per heavy atom. The first-order valence-corrected chi connectivity index (χ1v) is 4.36. The highest BCUT2D eigenvalue weighted by Gasteiger charge is 2.09. The van der Waals surface area contributed by atoms with E-state index in [0.717, 1.165) is 0 Å². The van der Waals surface area contributed by atoms with E-state index in [2.05, 4.69) is 5.48 Å². The SMILES string of the molecule is CCOC(C)OC(=O)NOC(C)OC. The lowest BCUT2D eigenvalue weighted by atomic mass is 10.7. The summed E-state index contributed by atoms with van der Waals surface area (Å²) in [6.07, 6.45) is -1.83. The van der Waals surface area contributed by atoms with Crippen LogP contribution in [-0.4, -0.2) is 32.4 Å². The summed E-state index contributed by atoms with van der Waals surface area (Å²) in [7, 11) is 1.46. The lowest BCUT2D eigenvalue weighted by molar-refractivity contribution is -0.158. The Hall–Kier alpha value is -0.850. The molecule has 0 heterocycles. The van der Waals surface area contributed by atoms with Gasteiger partial charge in [0.25, 0.3) is 0 Å². The van der Waals surface area contributed by atoms with Gasteiger partial charge in [0, 0.05) is 13.7 Å². The predicted octanol–water partition coefficient (Wildman–Crippen LogP) is 1.02. The Bertz CT molecular complexity index is 164. The van der Waals surface area contributed by atoms with E-state index in [-0.39, 0.29) is 0 Å². The highest BCUT2D eigenvalue weighted by Crippen LogP contribution is 1.94. The van der Waals surface area contributed by atoms with Gasteiger partial charge in [-0.15, -0.1) is 0 Å². The summed E-state index contributed by atoms with van der Waals surface area (Å²) < 4.78 is 14.4. The average molecular weight is 207 g/mol. The summed E-state index contributed by atoms with van der Waals surface area (Å²) in [6, 6.07) is 0. The van der Waals surface area contributed by atoms with Crippen molar-refractivity contribution in [3.63, 3.8) is 0 Å². The molecule has 0 saturated carbocycles. The van der Waals surface area contributed by atoms with Crippen molar-refractivity contribution < 1.29 is 23.8 Å². The molecule has 0 aliphatic rings. The number of ether oxygens (including phenoxy) is 3. The molecule has 1 N–H and O–H groups in total. The van der Waals surface area contributed by atoms with Crippen LogP contribution in [0.2, 0.25) is 0 Å². The first-order valence-electron chi connectivity index (χ1n) is 4.36. The molecule has 0 aliphatic heterocycles. The summed E-state index contributed by atoms with van der Waals surface area (Å²) in [6.45, 7) is 5.53. The van der Waals surface area contributed by atoms with Gasteiger partial charge in [0.05, 0.1) is 0 Å². The maximum atomic E-state index is 11.0. The number of amides is 1. The standard InChI is InChI=1S/C8H17NO5/c1-5-12-7(3)13-8(10)9-14-6(2)11-4/h6-7H,5H2,1-4H3,(H,9,10). The van der Waals surface area contributed by atoms with Crippen molar-refractivity contribution in [3.8, 4) is 0 Å². The Balaban J connectivity index is 3.54. The van der Waals surface area contributed by atoms with Crippen LogP contribution < -0.4 is 5.48 Å². The van der Waals surface area contributed by atoms with E-state index in [9.17, 15) is 4.79 Å². The lowest BCUT2D eigenvalue weighted by Crippen LogP contribution is -2.32. The van der Waals surface area contributed by atoms with Crippen LogP contribution in [0.3, 0.4) is 0 Å². The maximum Gasteiger partial charge on any atom is 0.433 e. The van der Waals surface area contributed by atoms with Gasteiger partial charge in [-0.3, -0.25) is 0 Å². The molecule has 14 heavy (non-hydrogen) atoms. The van der Waals surface area contributed by atoms with Gasteiger partial charge in [0.15, 0.2) is 6.29 Å². The van der Waals surface area contributed by atoms with Crippen molar-refractivity contribution in [2.24, 2.45) is 0 Å². The first kappa shape index (κ1) is 13.2. The molecular formula is C8H17NO5. The van der Waals surface area contributed by atoms with E-state index in [1.54, 1.807) is 20.8 Å². The zero-order valence-electron chi connectivity index (χ0n) is 8.90. The number of hydrogen-bond donors (Lipinski definition) is 1. The van der Waals surface area contributed by atoms with Gasteiger partial charge >= 0.3 is 6.09 Å². The van der Waals surface area contributed by atoms with Gasteiger partial charge in [-0.2, -0.15) is 5.48 Å². The topological polar surface area (TPSA) is 66.0 Å². The second-order valence-corrected chi connectivity index (χ2v) is 2.45. The highest BCUT2D eigenvalue weighted by molar-refractivity contribution is 5.65. The number of carbonyl (C=O) groups excluding carboxylic acids is 1. The van der Waals surface area contributed by atoms with E-state index in [1.165, 1.54) is 7.11 Å². The summed E-state index contributed by atoms with van der Waals surface area (Å²) in [5, 5.41) is 0. The predicted molar refractivity (Wildman–Crippen MR) is 48.3 cm³/mol. The molecule has 6 heteroatoms. The Morgan fingerprint density at radius 2 is 2.00 bits per heavy atom. The second-order valence-electron chi connectivity index (χ2n) is 2.45. The molecule has 0 aromatic carbocycles. The van der Waals surface area contributed by atoms with Gasteiger partial charge < -0.3 is 14.2 Å². The monoisotopic (exact) mass is 207 g/mol. The van der Waals surface area contributed by atoms with Gasteiger partial charge in [-0.25, -0.2) is 9.63 Å². The van der Waals surface area contributed by atoms with Crippen molar-refractivity contribution in [2.45, 2.75) is 33.4 Å². The average Bonchev–Trinajstić information content (AvgIpc) is 2.14. The third-order valence-corrected chi connectivity index (χ3v) is 1.31. The number of nitrogens with one attached hydrogen (secondary N) is 1. The smallest absolute Gasteiger partial charge is 0.418 e. The minimum atomic E-state index is -0.713. The van der Waals surface area contributed by atoms with Crippen LogP contribution in [0.5, 0.6) is 0 Å². The summed E-state index contributed by atoms with van der Waals surface area (Å²) in [4.78, 5) is 15.7. The molecule has 0 aromatic rings. The fraction of sp³-hybridized carbons (Fsp3) is 0.875. The zero-order valence-corrected chi connectivity index (χ0v) is 8.90. The Labute approximate surface area is 83.4 Å².